The second-order valence-corrected chi connectivity index (χ2v) is 11.0. The van der Waals surface area contributed by atoms with E-state index in [1.165, 1.54) is 0 Å². The Morgan fingerprint density at radius 2 is 1.40 bits per heavy atom. The van der Waals surface area contributed by atoms with Crippen LogP contribution in [0, 0.1) is 5.92 Å². The van der Waals surface area contributed by atoms with Crippen LogP contribution in [-0.4, -0.2) is 36.5 Å². The lowest BCUT2D eigenvalue weighted by molar-refractivity contribution is -0.146. The molecule has 1 saturated heterocycles. The number of amides is 3. The average Bonchev–Trinajstić information content (AvgIpc) is 3.49. The van der Waals surface area contributed by atoms with E-state index in [0.717, 1.165) is 35.3 Å². The molecule has 0 unspecified atom stereocenters. The lowest BCUT2D eigenvalue weighted by atomic mass is 9.82. The third kappa shape index (κ3) is 4.98. The summed E-state index contributed by atoms with van der Waals surface area (Å²) >= 11 is 0. The molecule has 6 rings (SSSR count). The summed E-state index contributed by atoms with van der Waals surface area (Å²) in [5.41, 5.74) is 3.94. The number of hydrogen-bond acceptors (Lipinski definition) is 5. The molecular formula is C35H33N3O5. The van der Waals surface area contributed by atoms with Gasteiger partial charge in [0, 0.05) is 40.8 Å². The number of aliphatic hydroxyl groups excluding tert-OH is 1. The van der Waals surface area contributed by atoms with Gasteiger partial charge in [-0.2, -0.15) is 0 Å². The minimum atomic E-state index is -1.22. The van der Waals surface area contributed by atoms with Crippen LogP contribution in [-0.2, 0) is 31.3 Å². The fourth-order valence-electron chi connectivity index (χ4n) is 6.35. The van der Waals surface area contributed by atoms with Gasteiger partial charge >= 0.3 is 0 Å². The number of ether oxygens (including phenoxy) is 1. The van der Waals surface area contributed by atoms with E-state index in [1.807, 2.05) is 110 Å². The van der Waals surface area contributed by atoms with Crippen LogP contribution in [0.15, 0.2) is 103 Å². The van der Waals surface area contributed by atoms with Crippen molar-refractivity contribution in [2.45, 2.75) is 38.0 Å². The summed E-state index contributed by atoms with van der Waals surface area (Å²) in [6.45, 7) is 2.28. The predicted molar refractivity (Wildman–Crippen MR) is 165 cm³/mol. The highest BCUT2D eigenvalue weighted by atomic mass is 16.5. The molecule has 1 spiro atoms. The van der Waals surface area contributed by atoms with Crippen molar-refractivity contribution in [2.75, 3.05) is 21.3 Å². The van der Waals surface area contributed by atoms with Crippen LogP contribution in [0.5, 0.6) is 0 Å². The van der Waals surface area contributed by atoms with Gasteiger partial charge in [0.05, 0.1) is 18.3 Å². The van der Waals surface area contributed by atoms with Gasteiger partial charge in [0.1, 0.15) is 0 Å². The van der Waals surface area contributed by atoms with E-state index in [1.54, 1.807) is 14.7 Å². The smallest absolute Gasteiger partial charge is 0.264 e. The van der Waals surface area contributed by atoms with E-state index >= 15 is 0 Å². The molecule has 3 atom stereocenters. The first-order valence-corrected chi connectivity index (χ1v) is 14.4. The Hall–Kier alpha value is -4.79. The van der Waals surface area contributed by atoms with Crippen LogP contribution in [0.1, 0.15) is 30.9 Å². The first-order valence-electron chi connectivity index (χ1n) is 14.4. The zero-order valence-corrected chi connectivity index (χ0v) is 23.9. The van der Waals surface area contributed by atoms with E-state index in [9.17, 15) is 19.5 Å². The molecule has 8 nitrogen and oxygen atoms in total. The fourth-order valence-corrected chi connectivity index (χ4v) is 6.35. The Kier molecular flexibility index (Phi) is 7.80. The third-order valence-electron chi connectivity index (χ3n) is 8.46. The van der Waals surface area contributed by atoms with Crippen molar-refractivity contribution >= 4 is 47.2 Å². The van der Waals surface area contributed by atoms with Gasteiger partial charge in [0.2, 0.25) is 12.8 Å². The molecule has 1 fully saturated rings. The highest BCUT2D eigenvalue weighted by Gasteiger charge is 2.60. The van der Waals surface area contributed by atoms with E-state index in [0.29, 0.717) is 36.4 Å². The lowest BCUT2D eigenvalue weighted by Crippen LogP contribution is -2.43. The van der Waals surface area contributed by atoms with Crippen LogP contribution < -0.4 is 14.7 Å². The van der Waals surface area contributed by atoms with E-state index in [2.05, 4.69) is 0 Å². The van der Waals surface area contributed by atoms with Gasteiger partial charge in [-0.05, 0) is 73.0 Å². The second-order valence-electron chi connectivity index (χ2n) is 11.0. The Balaban J connectivity index is 1.36. The zero-order chi connectivity index (χ0) is 30.0. The number of rotatable bonds is 10. The topological polar surface area (TPSA) is 90.4 Å². The normalized spacial score (nSPS) is 20.7. The van der Waals surface area contributed by atoms with Crippen molar-refractivity contribution in [1.29, 1.82) is 0 Å². The molecule has 218 valence electrons. The molecule has 2 heterocycles. The molecule has 0 bridgehead atoms. The van der Waals surface area contributed by atoms with Crippen LogP contribution in [0.25, 0.3) is 0 Å². The standard InChI is InChI=1S/C35H33N3O5/c1-25-20-31(18-19-39)43-35(25)32-21-30(38(24-41)28-10-6-3-7-11-28)16-17-33(32)36(34(35)42)22-26-12-14-29(15-13-26)37(23-40)27-8-4-2-5-9-27/h2-17,21,23-25,31,39H,18-20,22H2,1H3/t25-,31+,35+/m0/s1. The van der Waals surface area contributed by atoms with E-state index in [-0.39, 0.29) is 24.5 Å². The Bertz CT molecular complexity index is 1610. The summed E-state index contributed by atoms with van der Waals surface area (Å²) < 4.78 is 6.55. The molecular weight excluding hydrogens is 542 g/mol. The Labute approximate surface area is 250 Å². The highest BCUT2D eigenvalue weighted by Crippen LogP contribution is 2.54. The molecule has 43 heavy (non-hydrogen) atoms. The molecule has 2 aliphatic heterocycles. The number of hydrogen-bond donors (Lipinski definition) is 1. The van der Waals surface area contributed by atoms with Gasteiger partial charge < -0.3 is 14.7 Å². The summed E-state index contributed by atoms with van der Waals surface area (Å²) in [5, 5.41) is 9.63. The largest absolute Gasteiger partial charge is 0.396 e. The van der Waals surface area contributed by atoms with Crippen LogP contribution in [0.3, 0.4) is 0 Å². The Morgan fingerprint density at radius 3 is 1.98 bits per heavy atom. The minimum Gasteiger partial charge on any atom is -0.396 e. The summed E-state index contributed by atoms with van der Waals surface area (Å²) in [6.07, 6.45) is 2.37. The number of carbonyl (C=O) groups excluding carboxylic acids is 3. The monoisotopic (exact) mass is 575 g/mol. The number of anilines is 5. The lowest BCUT2D eigenvalue weighted by Gasteiger charge is -2.29. The first kappa shape index (κ1) is 28.3. The van der Waals surface area contributed by atoms with Crippen molar-refractivity contribution in [3.8, 4) is 0 Å². The van der Waals surface area contributed by atoms with Crippen molar-refractivity contribution < 1.29 is 24.2 Å². The number of aliphatic hydroxyl groups is 1. The molecule has 1 N–H and O–H groups in total. The summed E-state index contributed by atoms with van der Waals surface area (Å²) in [6, 6.07) is 31.9. The quantitative estimate of drug-likeness (QED) is 0.241. The minimum absolute atomic E-state index is 0.0294. The van der Waals surface area contributed by atoms with Gasteiger partial charge in [-0.3, -0.25) is 24.2 Å². The maximum atomic E-state index is 14.4. The molecule has 2 aliphatic rings. The highest BCUT2D eigenvalue weighted by molar-refractivity contribution is 6.08. The van der Waals surface area contributed by atoms with Crippen LogP contribution in [0.2, 0.25) is 0 Å². The molecule has 3 amide bonds. The second kappa shape index (κ2) is 11.8. The maximum absolute atomic E-state index is 14.4. The summed E-state index contributed by atoms with van der Waals surface area (Å²) in [7, 11) is 0. The molecule has 4 aromatic carbocycles. The number of para-hydroxylation sites is 2. The molecule has 4 aromatic rings. The average molecular weight is 576 g/mol. The van der Waals surface area contributed by atoms with Crippen LogP contribution in [0.4, 0.5) is 28.4 Å². The van der Waals surface area contributed by atoms with Gasteiger partial charge in [-0.15, -0.1) is 0 Å². The first-order chi connectivity index (χ1) is 21.0. The van der Waals surface area contributed by atoms with Crippen molar-refractivity contribution in [1.82, 2.24) is 0 Å². The molecule has 0 aliphatic carbocycles. The molecule has 0 aromatic heterocycles. The fraction of sp³-hybridized carbons (Fsp3) is 0.229. The number of carbonyl (C=O) groups is 3. The van der Waals surface area contributed by atoms with Gasteiger partial charge in [0.15, 0.2) is 5.60 Å². The summed E-state index contributed by atoms with van der Waals surface area (Å²) in [4.78, 5) is 43.4. The maximum Gasteiger partial charge on any atom is 0.264 e. The Morgan fingerprint density at radius 1 is 0.837 bits per heavy atom. The van der Waals surface area contributed by atoms with Crippen molar-refractivity contribution in [3.63, 3.8) is 0 Å². The molecule has 0 saturated carbocycles. The van der Waals surface area contributed by atoms with Gasteiger partial charge in [-0.1, -0.05) is 55.5 Å². The van der Waals surface area contributed by atoms with E-state index < -0.39 is 5.60 Å². The van der Waals surface area contributed by atoms with Crippen LogP contribution >= 0.6 is 0 Å². The third-order valence-corrected chi connectivity index (χ3v) is 8.46. The SMILES string of the molecule is C[C@H]1C[C@@H](CCO)O[C@]12C(=O)N(Cc1ccc(N(C=O)c3ccccc3)cc1)c1ccc(N(C=O)c3ccccc3)cc12. The number of nitrogens with zero attached hydrogens (tertiary/aromatic N) is 3. The van der Waals surface area contributed by atoms with Crippen molar-refractivity contribution in [2.24, 2.45) is 5.92 Å². The number of benzene rings is 4. The summed E-state index contributed by atoms with van der Waals surface area (Å²) in [5.74, 6) is -0.306. The van der Waals surface area contributed by atoms with E-state index in [4.69, 9.17) is 4.74 Å². The van der Waals surface area contributed by atoms with Gasteiger partial charge in [-0.25, -0.2) is 0 Å². The zero-order valence-electron chi connectivity index (χ0n) is 23.9. The predicted octanol–water partition coefficient (Wildman–Crippen LogP) is 5.83. The van der Waals surface area contributed by atoms with Crippen molar-refractivity contribution in [3.05, 3.63) is 114 Å². The van der Waals surface area contributed by atoms with Gasteiger partial charge in [0.25, 0.3) is 5.91 Å². The number of fused-ring (bicyclic) bond motifs is 2. The molecule has 8 heteroatoms. The molecule has 0 radical (unpaired) electrons.